The number of nitrogens with zero attached hydrogens (tertiary/aromatic N) is 4. The van der Waals surface area contributed by atoms with Crippen LogP contribution in [0.5, 0.6) is 11.5 Å². The van der Waals surface area contributed by atoms with E-state index in [-0.39, 0.29) is 11.9 Å². The number of anilines is 1. The van der Waals surface area contributed by atoms with Crippen LogP contribution in [0.2, 0.25) is 5.02 Å². The highest BCUT2D eigenvalue weighted by Gasteiger charge is 2.25. The van der Waals surface area contributed by atoms with Crippen molar-refractivity contribution in [2.75, 3.05) is 18.4 Å². The van der Waals surface area contributed by atoms with Crippen LogP contribution in [0.4, 0.5) is 5.82 Å². The molecule has 3 aromatic carbocycles. The topological polar surface area (TPSA) is 71.8 Å². The van der Waals surface area contributed by atoms with E-state index in [9.17, 15) is 4.79 Å². The SMILES string of the molecule is [B]c1cnn2c(NC3CCN(C(=O)c4ccc(Oc5ccccc5)cc4)CC3)cc(-c3ccccc3Cl)nc12. The van der Waals surface area contributed by atoms with Crippen LogP contribution in [0.3, 0.4) is 0 Å². The number of carbonyl (C=O) groups excluding carboxylic acids is 1. The second-order valence-electron chi connectivity index (χ2n) is 9.49. The summed E-state index contributed by atoms with van der Waals surface area (Å²) in [5, 5.41) is 8.64. The molecule has 0 bridgehead atoms. The first-order chi connectivity index (χ1) is 19.0. The van der Waals surface area contributed by atoms with Gasteiger partial charge in [0.05, 0.1) is 5.69 Å². The van der Waals surface area contributed by atoms with Crippen molar-refractivity contribution in [1.29, 1.82) is 0 Å². The first-order valence-electron chi connectivity index (χ1n) is 12.8. The fourth-order valence-corrected chi connectivity index (χ4v) is 5.03. The highest BCUT2D eigenvalue weighted by atomic mass is 35.5. The molecule has 0 aliphatic carbocycles. The Morgan fingerprint density at radius 3 is 2.38 bits per heavy atom. The molecule has 39 heavy (non-hydrogen) atoms. The lowest BCUT2D eigenvalue weighted by molar-refractivity contribution is 0.0718. The van der Waals surface area contributed by atoms with Gasteiger partial charge in [-0.15, -0.1) is 0 Å². The summed E-state index contributed by atoms with van der Waals surface area (Å²) >= 11 is 6.45. The highest BCUT2D eigenvalue weighted by molar-refractivity contribution is 6.36. The third-order valence-electron chi connectivity index (χ3n) is 6.86. The molecule has 6 rings (SSSR count). The Morgan fingerprint density at radius 2 is 1.64 bits per heavy atom. The average molecular weight is 534 g/mol. The van der Waals surface area contributed by atoms with Crippen LogP contribution in [0, 0.1) is 0 Å². The number of para-hydroxylation sites is 1. The lowest BCUT2D eigenvalue weighted by Crippen LogP contribution is -2.42. The van der Waals surface area contributed by atoms with Crippen LogP contribution in [0.25, 0.3) is 16.9 Å². The molecule has 2 radical (unpaired) electrons. The molecule has 1 fully saturated rings. The number of carbonyl (C=O) groups is 1. The number of piperidine rings is 1. The molecule has 0 atom stereocenters. The van der Waals surface area contributed by atoms with Gasteiger partial charge in [-0.05, 0) is 60.8 Å². The number of benzene rings is 3. The summed E-state index contributed by atoms with van der Waals surface area (Å²) in [6.45, 7) is 1.29. The third kappa shape index (κ3) is 5.33. The zero-order valence-electron chi connectivity index (χ0n) is 21.1. The number of fused-ring (bicyclic) bond motifs is 1. The summed E-state index contributed by atoms with van der Waals surface area (Å²) in [5.74, 6) is 2.26. The molecule has 0 saturated carbocycles. The Hall–Kier alpha value is -4.30. The number of amides is 1. The Bertz CT molecular complexity index is 1620. The second-order valence-corrected chi connectivity index (χ2v) is 9.90. The van der Waals surface area contributed by atoms with E-state index in [1.807, 2.05) is 89.8 Å². The van der Waals surface area contributed by atoms with Crippen LogP contribution in [0.15, 0.2) is 91.1 Å². The fraction of sp³-hybridized carbons (Fsp3) is 0.167. The average Bonchev–Trinajstić information content (AvgIpc) is 3.35. The quantitative estimate of drug-likeness (QED) is 0.298. The summed E-state index contributed by atoms with van der Waals surface area (Å²) in [6, 6.07) is 26.6. The molecule has 192 valence electrons. The number of hydrogen-bond donors (Lipinski definition) is 1. The largest absolute Gasteiger partial charge is 0.457 e. The van der Waals surface area contributed by atoms with Gasteiger partial charge in [-0.1, -0.05) is 48.0 Å². The van der Waals surface area contributed by atoms with E-state index < -0.39 is 0 Å². The third-order valence-corrected chi connectivity index (χ3v) is 7.19. The van der Waals surface area contributed by atoms with Gasteiger partial charge in [-0.25, -0.2) is 4.98 Å². The van der Waals surface area contributed by atoms with Crippen LogP contribution in [0.1, 0.15) is 23.2 Å². The Kier molecular flexibility index (Phi) is 6.94. The predicted molar refractivity (Wildman–Crippen MR) is 154 cm³/mol. The predicted octanol–water partition coefficient (Wildman–Crippen LogP) is 5.35. The molecule has 1 saturated heterocycles. The minimum Gasteiger partial charge on any atom is -0.457 e. The molecule has 1 amide bonds. The van der Waals surface area contributed by atoms with Gasteiger partial charge in [-0.3, -0.25) is 4.79 Å². The van der Waals surface area contributed by atoms with Crippen molar-refractivity contribution in [3.63, 3.8) is 0 Å². The summed E-state index contributed by atoms with van der Waals surface area (Å²) in [6.07, 6.45) is 3.19. The van der Waals surface area contributed by atoms with Crippen molar-refractivity contribution in [1.82, 2.24) is 19.5 Å². The van der Waals surface area contributed by atoms with Crippen LogP contribution >= 0.6 is 11.6 Å². The number of likely N-dealkylation sites (tertiary alicyclic amines) is 1. The first kappa shape index (κ1) is 25.0. The summed E-state index contributed by atoms with van der Waals surface area (Å²) in [4.78, 5) is 19.8. The van der Waals surface area contributed by atoms with Gasteiger partial charge in [0.1, 0.15) is 25.2 Å². The zero-order chi connectivity index (χ0) is 26.8. The number of ether oxygens (including phenoxy) is 1. The van der Waals surface area contributed by atoms with Gasteiger partial charge in [-0.2, -0.15) is 9.61 Å². The van der Waals surface area contributed by atoms with Crippen LogP contribution in [-0.4, -0.2) is 52.4 Å². The normalized spacial score (nSPS) is 13.9. The fourth-order valence-electron chi connectivity index (χ4n) is 4.80. The van der Waals surface area contributed by atoms with E-state index in [2.05, 4.69) is 10.4 Å². The van der Waals surface area contributed by atoms with Crippen molar-refractivity contribution in [2.45, 2.75) is 18.9 Å². The molecule has 1 N–H and O–H groups in total. The van der Waals surface area contributed by atoms with E-state index in [1.54, 1.807) is 10.7 Å². The number of aromatic nitrogens is 3. The van der Waals surface area contributed by atoms with E-state index in [0.717, 1.165) is 35.7 Å². The van der Waals surface area contributed by atoms with E-state index in [1.165, 1.54) is 0 Å². The van der Waals surface area contributed by atoms with Gasteiger partial charge in [0.25, 0.3) is 5.91 Å². The van der Waals surface area contributed by atoms with Crippen molar-refractivity contribution in [3.05, 3.63) is 102 Å². The van der Waals surface area contributed by atoms with E-state index in [4.69, 9.17) is 29.2 Å². The minimum absolute atomic E-state index is 0.0202. The number of rotatable bonds is 6. The van der Waals surface area contributed by atoms with Crippen molar-refractivity contribution < 1.29 is 9.53 Å². The molecule has 7 nitrogen and oxygen atoms in total. The van der Waals surface area contributed by atoms with Crippen molar-refractivity contribution in [2.24, 2.45) is 0 Å². The minimum atomic E-state index is 0.0202. The molecule has 0 unspecified atom stereocenters. The van der Waals surface area contributed by atoms with Gasteiger partial charge >= 0.3 is 0 Å². The van der Waals surface area contributed by atoms with Crippen molar-refractivity contribution in [3.8, 4) is 22.8 Å². The Morgan fingerprint density at radius 1 is 0.949 bits per heavy atom. The van der Waals surface area contributed by atoms with Gasteiger partial charge < -0.3 is 15.0 Å². The number of hydrogen-bond acceptors (Lipinski definition) is 5. The molecule has 5 aromatic rings. The molecule has 0 spiro atoms. The maximum absolute atomic E-state index is 13.2. The lowest BCUT2D eigenvalue weighted by Gasteiger charge is -2.33. The van der Waals surface area contributed by atoms with Crippen molar-refractivity contribution >= 4 is 42.3 Å². The monoisotopic (exact) mass is 533 g/mol. The van der Waals surface area contributed by atoms with Gasteiger partial charge in [0, 0.05) is 47.5 Å². The van der Waals surface area contributed by atoms with Crippen LogP contribution < -0.4 is 15.5 Å². The standard InChI is InChI=1S/C30H25BClN5O2/c31-25-19-33-37-28(18-27(35-29(25)37)24-8-4-5-9-26(24)32)34-21-14-16-36(17-15-21)30(38)20-10-12-23(13-11-20)39-22-6-2-1-3-7-22/h1-13,18-19,21,34H,14-17H2. The molecular formula is C30H25BClN5O2. The molecule has 1 aliphatic heterocycles. The van der Waals surface area contributed by atoms with E-state index in [0.29, 0.717) is 40.5 Å². The molecular weight excluding hydrogens is 509 g/mol. The Balaban J connectivity index is 1.13. The molecule has 2 aromatic heterocycles. The second kappa shape index (κ2) is 10.8. The van der Waals surface area contributed by atoms with Gasteiger partial charge in [0.2, 0.25) is 0 Å². The molecule has 3 heterocycles. The summed E-state index contributed by atoms with van der Waals surface area (Å²) < 4.78 is 7.56. The maximum atomic E-state index is 13.2. The number of nitrogens with one attached hydrogen (secondary N) is 1. The lowest BCUT2D eigenvalue weighted by atomic mass is 10.0. The van der Waals surface area contributed by atoms with Gasteiger partial charge in [0.15, 0.2) is 5.65 Å². The Labute approximate surface area is 232 Å². The molecule has 9 heteroatoms. The smallest absolute Gasteiger partial charge is 0.253 e. The zero-order valence-corrected chi connectivity index (χ0v) is 21.9. The van der Waals surface area contributed by atoms with Crippen LogP contribution in [-0.2, 0) is 0 Å². The summed E-state index contributed by atoms with van der Waals surface area (Å²) in [5.41, 5.74) is 3.25. The highest BCUT2D eigenvalue weighted by Crippen LogP contribution is 2.29. The summed E-state index contributed by atoms with van der Waals surface area (Å²) in [7, 11) is 6.16. The van der Waals surface area contributed by atoms with E-state index >= 15 is 0 Å². The molecule has 1 aliphatic rings. The number of halogens is 1. The first-order valence-corrected chi connectivity index (χ1v) is 13.2. The maximum Gasteiger partial charge on any atom is 0.253 e.